The van der Waals surface area contributed by atoms with Gasteiger partial charge in [-0.05, 0) is 30.2 Å². The topological polar surface area (TPSA) is 90.1 Å². The number of hydrogen-bond acceptors (Lipinski definition) is 5. The molecule has 100 valence electrons. The Labute approximate surface area is 105 Å². The van der Waals surface area contributed by atoms with Crippen molar-refractivity contribution in [2.45, 2.75) is 39.2 Å². The summed E-state index contributed by atoms with van der Waals surface area (Å²) in [5, 5.41) is 20.7. The molecule has 1 heterocycles. The van der Waals surface area contributed by atoms with Crippen molar-refractivity contribution < 1.29 is 14.6 Å². The van der Waals surface area contributed by atoms with Crippen LogP contribution in [0.4, 0.5) is 0 Å². The number of carboxylic acids is 1. The number of carbonyl (C=O) groups is 1. The Balaban J connectivity index is 2.00. The van der Waals surface area contributed by atoms with E-state index in [1.807, 2.05) is 6.92 Å². The molecule has 1 saturated carbocycles. The maximum atomic E-state index is 11.3. The molecule has 0 bridgehead atoms. The largest absolute Gasteiger partial charge is 0.481 e. The van der Waals surface area contributed by atoms with Crippen molar-refractivity contribution in [1.29, 1.82) is 0 Å². The van der Waals surface area contributed by atoms with E-state index in [1.165, 1.54) is 0 Å². The van der Waals surface area contributed by atoms with Crippen LogP contribution in [0, 0.1) is 5.41 Å². The van der Waals surface area contributed by atoms with E-state index in [0.29, 0.717) is 44.8 Å². The number of aliphatic carboxylic acids is 1. The molecule has 0 radical (unpaired) electrons. The van der Waals surface area contributed by atoms with Gasteiger partial charge >= 0.3 is 5.97 Å². The normalized spacial score (nSPS) is 17.4. The second-order valence-electron chi connectivity index (χ2n) is 4.64. The van der Waals surface area contributed by atoms with Gasteiger partial charge < -0.3 is 9.84 Å². The first-order chi connectivity index (χ1) is 8.68. The summed E-state index contributed by atoms with van der Waals surface area (Å²) in [6, 6.07) is 0. The van der Waals surface area contributed by atoms with Crippen LogP contribution in [0.15, 0.2) is 0 Å². The fourth-order valence-electron chi connectivity index (χ4n) is 2.16. The lowest BCUT2D eigenvalue weighted by Crippen LogP contribution is -2.42. The Morgan fingerprint density at radius 1 is 1.56 bits per heavy atom. The van der Waals surface area contributed by atoms with E-state index in [4.69, 9.17) is 4.74 Å². The third kappa shape index (κ3) is 2.50. The average molecular weight is 254 g/mol. The predicted octanol–water partition coefficient (Wildman–Crippen LogP) is 0.507. The first-order valence-corrected chi connectivity index (χ1v) is 6.24. The van der Waals surface area contributed by atoms with Gasteiger partial charge in [0.25, 0.3) is 0 Å². The lowest BCUT2D eigenvalue weighted by atomic mass is 9.69. The Bertz CT molecular complexity index is 414. The SMILES string of the molecule is CCOCCc1nnnn1CC1(C(=O)O)CCC1. The minimum Gasteiger partial charge on any atom is -0.481 e. The highest BCUT2D eigenvalue weighted by atomic mass is 16.5. The summed E-state index contributed by atoms with van der Waals surface area (Å²) in [5.41, 5.74) is -0.671. The number of aromatic nitrogens is 4. The van der Waals surface area contributed by atoms with Gasteiger partial charge in [0, 0.05) is 13.0 Å². The van der Waals surface area contributed by atoms with Crippen molar-refractivity contribution in [1.82, 2.24) is 20.2 Å². The van der Waals surface area contributed by atoms with Crippen LogP contribution in [0.2, 0.25) is 0 Å². The highest BCUT2D eigenvalue weighted by Gasteiger charge is 2.45. The molecule has 0 spiro atoms. The second kappa shape index (κ2) is 5.43. The smallest absolute Gasteiger partial charge is 0.311 e. The highest BCUT2D eigenvalue weighted by molar-refractivity contribution is 5.75. The number of nitrogens with zero attached hydrogens (tertiary/aromatic N) is 4. The Morgan fingerprint density at radius 3 is 2.89 bits per heavy atom. The summed E-state index contributed by atoms with van der Waals surface area (Å²) in [6.07, 6.45) is 2.97. The summed E-state index contributed by atoms with van der Waals surface area (Å²) in [5.74, 6) is -0.0593. The molecule has 2 rings (SSSR count). The number of rotatable bonds is 7. The summed E-state index contributed by atoms with van der Waals surface area (Å²) in [4.78, 5) is 11.3. The van der Waals surface area contributed by atoms with Crippen LogP contribution in [0.25, 0.3) is 0 Å². The monoisotopic (exact) mass is 254 g/mol. The fraction of sp³-hybridized carbons (Fsp3) is 0.818. The van der Waals surface area contributed by atoms with Crippen LogP contribution in [-0.2, 0) is 22.5 Å². The van der Waals surface area contributed by atoms with Crippen molar-refractivity contribution in [2.24, 2.45) is 5.41 Å². The third-order valence-corrected chi connectivity index (χ3v) is 3.50. The zero-order valence-electron chi connectivity index (χ0n) is 10.5. The lowest BCUT2D eigenvalue weighted by Gasteiger charge is -2.37. The maximum Gasteiger partial charge on any atom is 0.311 e. The molecule has 0 unspecified atom stereocenters. The van der Waals surface area contributed by atoms with Crippen LogP contribution >= 0.6 is 0 Å². The molecule has 0 atom stereocenters. The van der Waals surface area contributed by atoms with Gasteiger partial charge in [-0.1, -0.05) is 6.42 Å². The standard InChI is InChI=1S/C11H18N4O3/c1-2-18-7-4-9-12-13-14-15(9)8-11(10(16)17)5-3-6-11/h2-8H2,1H3,(H,16,17). The second-order valence-corrected chi connectivity index (χ2v) is 4.64. The zero-order chi connectivity index (χ0) is 13.0. The quantitative estimate of drug-likeness (QED) is 0.713. The fourth-order valence-corrected chi connectivity index (χ4v) is 2.16. The summed E-state index contributed by atoms with van der Waals surface area (Å²) < 4.78 is 6.86. The molecule has 1 aliphatic carbocycles. The van der Waals surface area contributed by atoms with Crippen molar-refractivity contribution >= 4 is 5.97 Å². The number of tetrazole rings is 1. The number of ether oxygens (including phenoxy) is 1. The highest BCUT2D eigenvalue weighted by Crippen LogP contribution is 2.42. The van der Waals surface area contributed by atoms with Crippen LogP contribution in [-0.4, -0.2) is 44.5 Å². The van der Waals surface area contributed by atoms with Crippen molar-refractivity contribution in [2.75, 3.05) is 13.2 Å². The zero-order valence-corrected chi connectivity index (χ0v) is 10.5. The molecule has 1 fully saturated rings. The Morgan fingerprint density at radius 2 is 2.33 bits per heavy atom. The molecule has 0 amide bonds. The van der Waals surface area contributed by atoms with E-state index in [0.717, 1.165) is 6.42 Å². The van der Waals surface area contributed by atoms with Crippen LogP contribution < -0.4 is 0 Å². The van der Waals surface area contributed by atoms with E-state index in [2.05, 4.69) is 15.5 Å². The third-order valence-electron chi connectivity index (χ3n) is 3.50. The Kier molecular flexibility index (Phi) is 3.90. The Hall–Kier alpha value is -1.50. The summed E-state index contributed by atoms with van der Waals surface area (Å²) in [7, 11) is 0. The minimum atomic E-state index is -0.750. The van der Waals surface area contributed by atoms with Gasteiger partial charge in [-0.25, -0.2) is 4.68 Å². The number of hydrogen-bond donors (Lipinski definition) is 1. The maximum absolute atomic E-state index is 11.3. The molecule has 0 aromatic carbocycles. The van der Waals surface area contributed by atoms with Gasteiger partial charge in [-0.15, -0.1) is 5.10 Å². The van der Waals surface area contributed by atoms with Gasteiger partial charge in [0.2, 0.25) is 0 Å². The van der Waals surface area contributed by atoms with Crippen molar-refractivity contribution in [3.63, 3.8) is 0 Å². The summed E-state index contributed by atoms with van der Waals surface area (Å²) >= 11 is 0. The lowest BCUT2D eigenvalue weighted by molar-refractivity contribution is -0.156. The molecule has 0 saturated heterocycles. The molecular formula is C11H18N4O3. The predicted molar refractivity (Wildman–Crippen MR) is 61.9 cm³/mol. The van der Waals surface area contributed by atoms with Crippen LogP contribution in [0.3, 0.4) is 0 Å². The van der Waals surface area contributed by atoms with Crippen molar-refractivity contribution in [3.05, 3.63) is 5.82 Å². The minimum absolute atomic E-state index is 0.358. The van der Waals surface area contributed by atoms with Crippen molar-refractivity contribution in [3.8, 4) is 0 Å². The van der Waals surface area contributed by atoms with Gasteiger partial charge in [0.05, 0.1) is 18.6 Å². The average Bonchev–Trinajstić information content (AvgIpc) is 2.71. The van der Waals surface area contributed by atoms with Gasteiger partial charge in [0.15, 0.2) is 5.82 Å². The number of carboxylic acid groups (broad SMARTS) is 1. The molecular weight excluding hydrogens is 236 g/mol. The van der Waals surface area contributed by atoms with Gasteiger partial charge in [-0.2, -0.15) is 0 Å². The van der Waals surface area contributed by atoms with Crippen LogP contribution in [0.1, 0.15) is 32.0 Å². The van der Waals surface area contributed by atoms with Gasteiger partial charge in [0.1, 0.15) is 0 Å². The van der Waals surface area contributed by atoms with E-state index < -0.39 is 11.4 Å². The molecule has 1 aliphatic rings. The molecule has 0 aliphatic heterocycles. The van der Waals surface area contributed by atoms with Crippen LogP contribution in [0.5, 0.6) is 0 Å². The molecule has 7 heteroatoms. The molecule has 18 heavy (non-hydrogen) atoms. The molecule has 1 aromatic rings. The first-order valence-electron chi connectivity index (χ1n) is 6.24. The van der Waals surface area contributed by atoms with E-state index >= 15 is 0 Å². The summed E-state index contributed by atoms with van der Waals surface area (Å²) in [6.45, 7) is 3.49. The molecule has 1 aromatic heterocycles. The molecule has 1 N–H and O–H groups in total. The first kappa shape index (κ1) is 12.9. The van der Waals surface area contributed by atoms with E-state index in [-0.39, 0.29) is 0 Å². The van der Waals surface area contributed by atoms with Gasteiger partial charge in [-0.3, -0.25) is 4.79 Å². The van der Waals surface area contributed by atoms with E-state index in [9.17, 15) is 9.90 Å². The van der Waals surface area contributed by atoms with E-state index in [1.54, 1.807) is 4.68 Å². The molecule has 7 nitrogen and oxygen atoms in total.